The van der Waals surface area contributed by atoms with Crippen molar-refractivity contribution in [3.63, 3.8) is 0 Å². The van der Waals surface area contributed by atoms with Crippen LogP contribution in [0.3, 0.4) is 0 Å². The van der Waals surface area contributed by atoms with Crippen LogP contribution in [0.1, 0.15) is 37.8 Å². The van der Waals surface area contributed by atoms with Crippen LogP contribution in [0.4, 0.5) is 5.69 Å². The summed E-state index contributed by atoms with van der Waals surface area (Å²) < 4.78 is 2.05. The van der Waals surface area contributed by atoms with Crippen LogP contribution < -0.4 is 4.90 Å². The van der Waals surface area contributed by atoms with E-state index in [1.165, 1.54) is 39.8 Å². The predicted octanol–water partition coefficient (Wildman–Crippen LogP) is 5.66. The molecule has 0 radical (unpaired) electrons. The molecule has 2 aromatic heterocycles. The Balaban J connectivity index is 1.81. The van der Waals surface area contributed by atoms with Gasteiger partial charge in [0.25, 0.3) is 0 Å². The van der Waals surface area contributed by atoms with Gasteiger partial charge in [0, 0.05) is 23.4 Å². The summed E-state index contributed by atoms with van der Waals surface area (Å²) in [5.74, 6) is -0.869. The average molecular weight is 522 g/mol. The lowest BCUT2D eigenvalue weighted by Crippen LogP contribution is -2.27. The fraction of sp³-hybridized carbons (Fsp3) is 0.409. The van der Waals surface area contributed by atoms with E-state index < -0.39 is 10.7 Å². The molecule has 1 N–H and O–H groups in total. The number of rotatable bonds is 6. The van der Waals surface area contributed by atoms with E-state index >= 15 is 0 Å². The maximum Gasteiger partial charge on any atom is 0.319 e. The fourth-order valence-electron chi connectivity index (χ4n) is 3.76. The van der Waals surface area contributed by atoms with Crippen LogP contribution >= 0.6 is 39.0 Å². The first-order valence-corrected chi connectivity index (χ1v) is 12.6. The zero-order valence-electron chi connectivity index (χ0n) is 18.0. The third kappa shape index (κ3) is 4.27. The summed E-state index contributed by atoms with van der Waals surface area (Å²) in [5, 5.41) is 19.6. The second-order valence-electron chi connectivity index (χ2n) is 8.36. The maximum atomic E-state index is 11.6. The van der Waals surface area contributed by atoms with Crippen LogP contribution in [0.2, 0.25) is 0 Å². The van der Waals surface area contributed by atoms with Gasteiger partial charge < -0.3 is 10.0 Å². The van der Waals surface area contributed by atoms with Crippen LogP contribution in [-0.2, 0) is 17.6 Å². The van der Waals surface area contributed by atoms with Gasteiger partial charge in [0.2, 0.25) is 0 Å². The summed E-state index contributed by atoms with van der Waals surface area (Å²) in [6, 6.07) is 6.51. The molecular formula is C22H25BrN4O2S2. The number of halogens is 1. The molecule has 0 saturated heterocycles. The van der Waals surface area contributed by atoms with Crippen LogP contribution in [0.25, 0.3) is 15.4 Å². The number of fused-ring (bicyclic) bond motifs is 1. The highest BCUT2D eigenvalue weighted by molar-refractivity contribution is 9.10. The number of hydrogen-bond acceptors (Lipinski definition) is 6. The monoisotopic (exact) mass is 520 g/mol. The number of carbonyl (C=O) groups is 1. The number of aromatic nitrogens is 3. The molecule has 1 aliphatic carbocycles. The number of aliphatic carboxylic acids is 1. The molecule has 9 heteroatoms. The first-order valence-electron chi connectivity index (χ1n) is 10.1. The molecule has 0 unspecified atom stereocenters. The van der Waals surface area contributed by atoms with E-state index in [0.29, 0.717) is 5.16 Å². The zero-order chi connectivity index (χ0) is 22.3. The van der Waals surface area contributed by atoms with Crippen LogP contribution in [0, 0.1) is 0 Å². The third-order valence-electron chi connectivity index (χ3n) is 5.49. The molecule has 0 atom stereocenters. The maximum absolute atomic E-state index is 11.6. The van der Waals surface area contributed by atoms with Crippen molar-refractivity contribution in [3.05, 3.63) is 40.1 Å². The number of anilines is 1. The Morgan fingerprint density at radius 2 is 1.97 bits per heavy atom. The second-order valence-corrected chi connectivity index (χ2v) is 11.8. The highest BCUT2D eigenvalue weighted by atomic mass is 79.9. The van der Waals surface area contributed by atoms with Crippen LogP contribution in [0.5, 0.6) is 0 Å². The fourth-order valence-corrected chi connectivity index (χ4v) is 6.78. The minimum Gasteiger partial charge on any atom is -0.480 e. The summed E-state index contributed by atoms with van der Waals surface area (Å²) in [5.41, 5.74) is 5.08. The van der Waals surface area contributed by atoms with Gasteiger partial charge in [-0.15, -0.1) is 21.5 Å². The van der Waals surface area contributed by atoms with Crippen molar-refractivity contribution in [2.45, 2.75) is 49.4 Å². The molecule has 1 aliphatic rings. The van der Waals surface area contributed by atoms with Crippen molar-refractivity contribution >= 4 is 50.7 Å². The molecule has 0 fully saturated rings. The lowest BCUT2D eigenvalue weighted by molar-refractivity contribution is -0.138. The third-order valence-corrected chi connectivity index (χ3v) is 8.59. The topological polar surface area (TPSA) is 71.2 Å². The van der Waals surface area contributed by atoms with E-state index in [1.54, 1.807) is 31.5 Å². The number of benzene rings is 1. The van der Waals surface area contributed by atoms with Gasteiger partial charge in [0.05, 0.1) is 5.69 Å². The minimum absolute atomic E-state index is 0.609. The van der Waals surface area contributed by atoms with Gasteiger partial charge in [-0.05, 0) is 84.3 Å². The van der Waals surface area contributed by atoms with Gasteiger partial charge in [0.1, 0.15) is 16.1 Å². The van der Waals surface area contributed by atoms with Crippen LogP contribution in [-0.4, -0.2) is 44.7 Å². The Morgan fingerprint density at radius 3 is 2.61 bits per heavy atom. The molecule has 0 bridgehead atoms. The molecule has 0 spiro atoms. The molecule has 0 saturated carbocycles. The molecule has 164 valence electrons. The highest BCUT2D eigenvalue weighted by Crippen LogP contribution is 2.45. The highest BCUT2D eigenvalue weighted by Gasteiger charge is 2.32. The Labute approximate surface area is 198 Å². The summed E-state index contributed by atoms with van der Waals surface area (Å²) in [7, 11) is 4.07. The van der Waals surface area contributed by atoms with Gasteiger partial charge >= 0.3 is 5.97 Å². The lowest BCUT2D eigenvalue weighted by atomic mass is 9.91. The second kappa shape index (κ2) is 8.60. The van der Waals surface area contributed by atoms with E-state index in [4.69, 9.17) is 0 Å². The molecule has 31 heavy (non-hydrogen) atoms. The summed E-state index contributed by atoms with van der Waals surface area (Å²) in [4.78, 5) is 15.0. The number of carboxylic acid groups (broad SMARTS) is 1. The van der Waals surface area contributed by atoms with E-state index in [0.717, 1.165) is 34.4 Å². The number of thioether (sulfide) groups is 1. The number of carboxylic acids is 1. The largest absolute Gasteiger partial charge is 0.480 e. The molecule has 2 heterocycles. The Hall–Kier alpha value is -1.84. The van der Waals surface area contributed by atoms with Gasteiger partial charge in [0.15, 0.2) is 5.16 Å². The van der Waals surface area contributed by atoms with Crippen molar-refractivity contribution in [2.24, 2.45) is 0 Å². The van der Waals surface area contributed by atoms with Crippen molar-refractivity contribution < 1.29 is 9.90 Å². The van der Waals surface area contributed by atoms with E-state index in [9.17, 15) is 9.90 Å². The Kier molecular flexibility index (Phi) is 6.20. The normalized spacial score (nSPS) is 13.8. The molecule has 0 amide bonds. The zero-order valence-corrected chi connectivity index (χ0v) is 21.2. The standard InChI is InChI=1S/C22H25BrN4O2S2/c1-22(2,20(28)29)31-21-25-24-12-27(21)19-15-8-6-5-7-14(15)18(30-19)13-9-10-17(26(3)4)16(23)11-13/h9-12H,5-8H2,1-4H3,(H,28,29). The smallest absolute Gasteiger partial charge is 0.319 e. The van der Waals surface area contributed by atoms with E-state index in [-0.39, 0.29) is 0 Å². The van der Waals surface area contributed by atoms with E-state index in [2.05, 4.69) is 49.2 Å². The summed E-state index contributed by atoms with van der Waals surface area (Å²) in [6.07, 6.45) is 6.12. The Bertz CT molecular complexity index is 1140. The average Bonchev–Trinajstić information content (AvgIpc) is 3.31. The number of nitrogens with zero attached hydrogens (tertiary/aromatic N) is 4. The molecule has 0 aliphatic heterocycles. The van der Waals surface area contributed by atoms with E-state index in [1.807, 2.05) is 18.7 Å². The van der Waals surface area contributed by atoms with Crippen molar-refractivity contribution in [3.8, 4) is 15.4 Å². The predicted molar refractivity (Wildman–Crippen MR) is 131 cm³/mol. The minimum atomic E-state index is -0.988. The van der Waals surface area contributed by atoms with Gasteiger partial charge in [-0.2, -0.15) is 0 Å². The number of hydrogen-bond donors (Lipinski definition) is 1. The molecule has 6 nitrogen and oxygen atoms in total. The first kappa shape index (κ1) is 22.4. The van der Waals surface area contributed by atoms with Crippen molar-refractivity contribution in [1.82, 2.24) is 14.8 Å². The van der Waals surface area contributed by atoms with Crippen molar-refractivity contribution in [2.75, 3.05) is 19.0 Å². The lowest BCUT2D eigenvalue weighted by Gasteiger charge is -2.18. The summed E-state index contributed by atoms with van der Waals surface area (Å²) in [6.45, 7) is 3.39. The molecular weight excluding hydrogens is 496 g/mol. The van der Waals surface area contributed by atoms with Gasteiger partial charge in [-0.1, -0.05) is 17.8 Å². The van der Waals surface area contributed by atoms with Crippen LogP contribution in [0.15, 0.2) is 34.2 Å². The molecule has 4 rings (SSSR count). The molecule has 1 aromatic carbocycles. The van der Waals surface area contributed by atoms with Crippen molar-refractivity contribution in [1.29, 1.82) is 0 Å². The van der Waals surface area contributed by atoms with Gasteiger partial charge in [-0.25, -0.2) is 0 Å². The number of thiophene rings is 1. The van der Waals surface area contributed by atoms with Gasteiger partial charge in [-0.3, -0.25) is 9.36 Å². The Morgan fingerprint density at radius 1 is 1.26 bits per heavy atom. The molecule has 3 aromatic rings. The SMILES string of the molecule is CN(C)c1ccc(-c2sc(-n3cnnc3SC(C)(C)C(=O)O)c3c2CCCC3)cc1Br. The summed E-state index contributed by atoms with van der Waals surface area (Å²) >= 11 is 6.70. The quantitative estimate of drug-likeness (QED) is 0.423. The first-order chi connectivity index (χ1) is 14.7.